The number of H-pyrrole nitrogens is 2. The van der Waals surface area contributed by atoms with Gasteiger partial charge in [-0.15, -0.1) is 0 Å². The number of nitrogens with one attached hydrogen (secondary N) is 3. The summed E-state index contributed by atoms with van der Waals surface area (Å²) >= 11 is 0. The van der Waals surface area contributed by atoms with Crippen LogP contribution in [0.4, 0.5) is 0 Å². The lowest BCUT2D eigenvalue weighted by atomic mass is 9.93. The third-order valence-electron chi connectivity index (χ3n) is 6.81. The highest BCUT2D eigenvalue weighted by Crippen LogP contribution is 2.23. The van der Waals surface area contributed by atoms with Crippen molar-refractivity contribution in [2.75, 3.05) is 32.8 Å². The second-order valence-corrected chi connectivity index (χ2v) is 9.60. The molecule has 0 bridgehead atoms. The summed E-state index contributed by atoms with van der Waals surface area (Å²) in [5.74, 6) is 6.15. The van der Waals surface area contributed by atoms with Gasteiger partial charge >= 0.3 is 0 Å². The number of morpholine rings is 1. The molecule has 2 aromatic carbocycles. The molecule has 1 atom stereocenters. The third-order valence-corrected chi connectivity index (χ3v) is 6.81. The summed E-state index contributed by atoms with van der Waals surface area (Å²) in [6, 6.07) is 18.4. The van der Waals surface area contributed by atoms with Crippen molar-refractivity contribution < 1.29 is 9.84 Å². The first-order chi connectivity index (χ1) is 19.1. The molecule has 0 saturated carbocycles. The van der Waals surface area contributed by atoms with Gasteiger partial charge < -0.3 is 20.1 Å². The molecule has 0 unspecified atom stereocenters. The third kappa shape index (κ3) is 7.42. The fourth-order valence-electron chi connectivity index (χ4n) is 4.58. The zero-order valence-corrected chi connectivity index (χ0v) is 21.7. The molecule has 4 N–H and O–H groups in total. The maximum atomic E-state index is 11.9. The average Bonchev–Trinajstić information content (AvgIpc) is 3.49. The van der Waals surface area contributed by atoms with Crippen molar-refractivity contribution in [3.8, 4) is 17.6 Å². The molecule has 200 valence electrons. The average molecular weight is 525 g/mol. The number of aromatic hydroxyl groups is 1. The van der Waals surface area contributed by atoms with Gasteiger partial charge in [0.2, 0.25) is 5.75 Å². The van der Waals surface area contributed by atoms with Gasteiger partial charge in [-0.1, -0.05) is 36.1 Å². The van der Waals surface area contributed by atoms with Crippen LogP contribution in [0.2, 0.25) is 0 Å². The smallest absolute Gasteiger partial charge is 0.293 e. The van der Waals surface area contributed by atoms with Gasteiger partial charge in [0.05, 0.1) is 25.2 Å². The van der Waals surface area contributed by atoms with Crippen LogP contribution in [0, 0.1) is 11.8 Å². The molecule has 4 aromatic rings. The van der Waals surface area contributed by atoms with Crippen molar-refractivity contribution in [2.45, 2.75) is 25.4 Å². The van der Waals surface area contributed by atoms with E-state index in [1.165, 1.54) is 11.9 Å². The highest BCUT2D eigenvalue weighted by Gasteiger charge is 2.17. The first-order valence-electron chi connectivity index (χ1n) is 13.1. The summed E-state index contributed by atoms with van der Waals surface area (Å²) in [5, 5.41) is 20.6. The van der Waals surface area contributed by atoms with Crippen molar-refractivity contribution >= 4 is 0 Å². The second kappa shape index (κ2) is 13.0. The lowest BCUT2D eigenvalue weighted by Crippen LogP contribution is -2.35. The second-order valence-electron chi connectivity index (χ2n) is 9.60. The molecule has 39 heavy (non-hydrogen) atoms. The lowest BCUT2D eigenvalue weighted by Gasteiger charge is -2.26. The number of aromatic nitrogens is 4. The van der Waals surface area contributed by atoms with Crippen LogP contribution in [0.3, 0.4) is 0 Å². The van der Waals surface area contributed by atoms with E-state index in [-0.39, 0.29) is 11.7 Å². The summed E-state index contributed by atoms with van der Waals surface area (Å²) in [6.45, 7) is 5.72. The molecule has 1 aliphatic heterocycles. The van der Waals surface area contributed by atoms with Gasteiger partial charge in [-0.25, -0.2) is 4.98 Å². The van der Waals surface area contributed by atoms with E-state index in [1.54, 1.807) is 6.20 Å². The minimum Gasteiger partial charge on any atom is -0.502 e. The van der Waals surface area contributed by atoms with Gasteiger partial charge in [0, 0.05) is 68.1 Å². The molecule has 0 amide bonds. The number of rotatable bonds is 9. The van der Waals surface area contributed by atoms with Crippen LogP contribution in [-0.4, -0.2) is 63.0 Å². The Morgan fingerprint density at radius 2 is 1.74 bits per heavy atom. The maximum absolute atomic E-state index is 11.9. The summed E-state index contributed by atoms with van der Waals surface area (Å²) < 4.78 is 5.43. The molecule has 0 aliphatic carbocycles. The number of nitrogens with zero attached hydrogens (tertiary/aromatic N) is 3. The molecular formula is C30H32N6O3. The van der Waals surface area contributed by atoms with Crippen LogP contribution in [0.5, 0.6) is 5.75 Å². The Labute approximate surface area is 227 Å². The molecule has 9 heteroatoms. The van der Waals surface area contributed by atoms with E-state index in [1.807, 2.05) is 30.3 Å². The van der Waals surface area contributed by atoms with Gasteiger partial charge in [0.1, 0.15) is 0 Å². The SMILES string of the molecule is O=c1[nH]cnc(C[C@H](CNCc2ccn[nH]2)c2ccc(C#Cc3ccc(CN4CCOCC4)cc3)cc2)c1O. The Morgan fingerprint density at radius 3 is 2.44 bits per heavy atom. The van der Waals surface area contributed by atoms with E-state index in [2.05, 4.69) is 66.5 Å². The Hall–Kier alpha value is -4.23. The molecule has 9 nitrogen and oxygen atoms in total. The predicted molar refractivity (Wildman–Crippen MR) is 148 cm³/mol. The quantitative estimate of drug-likeness (QED) is 0.249. The summed E-state index contributed by atoms with van der Waals surface area (Å²) in [7, 11) is 0. The van der Waals surface area contributed by atoms with Crippen molar-refractivity contribution in [3.63, 3.8) is 0 Å². The van der Waals surface area contributed by atoms with Crippen LogP contribution >= 0.6 is 0 Å². The monoisotopic (exact) mass is 524 g/mol. The van der Waals surface area contributed by atoms with E-state index in [4.69, 9.17) is 4.74 Å². The molecule has 1 fully saturated rings. The van der Waals surface area contributed by atoms with Gasteiger partial charge in [-0.2, -0.15) is 5.10 Å². The number of hydrogen-bond acceptors (Lipinski definition) is 7. The first kappa shape index (κ1) is 26.4. The van der Waals surface area contributed by atoms with Gasteiger partial charge in [-0.3, -0.25) is 14.8 Å². The van der Waals surface area contributed by atoms with E-state index in [0.29, 0.717) is 25.2 Å². The first-order valence-corrected chi connectivity index (χ1v) is 13.1. The lowest BCUT2D eigenvalue weighted by molar-refractivity contribution is 0.0342. The molecule has 1 saturated heterocycles. The number of ether oxygens (including phenoxy) is 1. The van der Waals surface area contributed by atoms with Crippen molar-refractivity contribution in [3.05, 3.63) is 111 Å². The van der Waals surface area contributed by atoms with Gasteiger partial charge in [0.25, 0.3) is 5.56 Å². The molecule has 3 heterocycles. The standard InChI is InChI=1S/C30H32N6O3/c37-29-28(32-21-33-30(29)38)17-26(18-31-19-27-11-12-34-35-27)25-9-7-23(8-10-25)2-1-22-3-5-24(6-4-22)20-36-13-15-39-16-14-36/h3-12,21,26,31,37H,13-20H2,(H,34,35)(H,32,33,38)/t26-/m1/s1. The largest absolute Gasteiger partial charge is 0.502 e. The number of benzene rings is 2. The molecule has 0 radical (unpaired) electrons. The highest BCUT2D eigenvalue weighted by atomic mass is 16.5. The normalized spacial score (nSPS) is 14.5. The van der Waals surface area contributed by atoms with E-state index in [9.17, 15) is 9.90 Å². The van der Waals surface area contributed by atoms with Crippen molar-refractivity contribution in [1.82, 2.24) is 30.4 Å². The fourth-order valence-corrected chi connectivity index (χ4v) is 4.58. The molecule has 5 rings (SSSR count). The Bertz CT molecular complexity index is 1450. The Morgan fingerprint density at radius 1 is 1.03 bits per heavy atom. The highest BCUT2D eigenvalue weighted by molar-refractivity contribution is 5.44. The Balaban J connectivity index is 1.25. The van der Waals surface area contributed by atoms with E-state index >= 15 is 0 Å². The van der Waals surface area contributed by atoms with Gasteiger partial charge in [-0.05, 0) is 41.5 Å². The van der Waals surface area contributed by atoms with Crippen LogP contribution in [0.25, 0.3) is 0 Å². The molecular weight excluding hydrogens is 492 g/mol. The van der Waals surface area contributed by atoms with Crippen LogP contribution < -0.4 is 10.9 Å². The zero-order valence-electron chi connectivity index (χ0n) is 21.7. The Kier molecular flexibility index (Phi) is 8.81. The summed E-state index contributed by atoms with van der Waals surface area (Å²) in [6.07, 6.45) is 3.44. The minimum atomic E-state index is -0.538. The zero-order chi connectivity index (χ0) is 26.9. The van der Waals surface area contributed by atoms with Gasteiger partial charge in [0.15, 0.2) is 0 Å². The fraction of sp³-hybridized carbons (Fsp3) is 0.300. The van der Waals surface area contributed by atoms with E-state index < -0.39 is 5.56 Å². The minimum absolute atomic E-state index is 0.0193. The molecule has 2 aromatic heterocycles. The summed E-state index contributed by atoms with van der Waals surface area (Å²) in [4.78, 5) is 20.9. The number of hydrogen-bond donors (Lipinski definition) is 4. The predicted octanol–water partition coefficient (Wildman–Crippen LogP) is 2.55. The van der Waals surface area contributed by atoms with Crippen molar-refractivity contribution in [2.24, 2.45) is 0 Å². The van der Waals surface area contributed by atoms with Crippen LogP contribution in [0.1, 0.15) is 39.6 Å². The van der Waals surface area contributed by atoms with Crippen molar-refractivity contribution in [1.29, 1.82) is 0 Å². The van der Waals surface area contributed by atoms with E-state index in [0.717, 1.165) is 55.2 Å². The van der Waals surface area contributed by atoms with Crippen LogP contribution in [-0.2, 0) is 24.2 Å². The number of aromatic amines is 2. The molecule has 0 spiro atoms. The topological polar surface area (TPSA) is 119 Å². The molecule has 1 aliphatic rings. The van der Waals surface area contributed by atoms with Crippen LogP contribution in [0.15, 0.2) is 71.9 Å². The maximum Gasteiger partial charge on any atom is 0.293 e. The summed E-state index contributed by atoms with van der Waals surface area (Å²) in [5.41, 5.74) is 5.04.